The molecular formula is C23H29ClN6O3. The zero-order chi connectivity index (χ0) is 23.0. The number of nitrogens with one attached hydrogen (secondary N) is 1. The van der Waals surface area contributed by atoms with Crippen molar-refractivity contribution in [3.8, 4) is 0 Å². The van der Waals surface area contributed by atoms with Crippen LogP contribution in [0.5, 0.6) is 0 Å². The second-order valence-electron chi connectivity index (χ2n) is 8.13. The van der Waals surface area contributed by atoms with Crippen LogP contribution in [0.4, 0.5) is 5.95 Å². The Labute approximate surface area is 198 Å². The number of amides is 1. The molecular weight excluding hydrogens is 444 g/mol. The van der Waals surface area contributed by atoms with Crippen molar-refractivity contribution in [3.63, 3.8) is 0 Å². The molecule has 0 bridgehead atoms. The van der Waals surface area contributed by atoms with Gasteiger partial charge in [0.15, 0.2) is 0 Å². The minimum absolute atomic E-state index is 0.220. The number of carbonyl (C=O) groups excluding carboxylic acids is 1. The first kappa shape index (κ1) is 23.6. The summed E-state index contributed by atoms with van der Waals surface area (Å²) in [5.41, 5.74) is 2.94. The summed E-state index contributed by atoms with van der Waals surface area (Å²) in [5.74, 6) is -0.0321. The lowest BCUT2D eigenvalue weighted by atomic mass is 10.1. The van der Waals surface area contributed by atoms with Gasteiger partial charge in [0, 0.05) is 69.3 Å². The highest BCUT2D eigenvalue weighted by atomic mass is 35.5. The van der Waals surface area contributed by atoms with Gasteiger partial charge in [-0.25, -0.2) is 15.4 Å². The molecule has 2 aliphatic rings. The molecule has 9 nitrogen and oxygen atoms in total. The molecule has 10 heteroatoms. The lowest BCUT2D eigenvalue weighted by molar-refractivity contribution is 0.0269. The van der Waals surface area contributed by atoms with Crippen LogP contribution in [0.25, 0.3) is 6.08 Å². The van der Waals surface area contributed by atoms with Crippen LogP contribution in [0.2, 0.25) is 5.02 Å². The predicted molar refractivity (Wildman–Crippen MR) is 127 cm³/mol. The summed E-state index contributed by atoms with van der Waals surface area (Å²) in [7, 11) is 0. The Morgan fingerprint density at radius 3 is 2.39 bits per heavy atom. The van der Waals surface area contributed by atoms with E-state index in [4.69, 9.17) is 21.5 Å². The lowest BCUT2D eigenvalue weighted by Crippen LogP contribution is -2.54. The van der Waals surface area contributed by atoms with Crippen LogP contribution < -0.4 is 10.4 Å². The number of benzene rings is 1. The van der Waals surface area contributed by atoms with Crippen molar-refractivity contribution in [2.24, 2.45) is 0 Å². The average Bonchev–Trinajstić information content (AvgIpc) is 2.88. The first-order valence-electron chi connectivity index (χ1n) is 11.1. The van der Waals surface area contributed by atoms with Crippen molar-refractivity contribution in [1.29, 1.82) is 0 Å². The molecule has 0 saturated carbocycles. The molecule has 1 aromatic carbocycles. The summed E-state index contributed by atoms with van der Waals surface area (Å²) < 4.78 is 5.52. The van der Waals surface area contributed by atoms with Gasteiger partial charge in [0.1, 0.15) is 0 Å². The van der Waals surface area contributed by atoms with Crippen LogP contribution in [0.1, 0.15) is 15.9 Å². The SMILES string of the molecule is O=C(NO)c1cnc(N2CCN(C(C=Cc3ccc(Cl)cc3)CN3CCOCC3)CC2)nc1. The fourth-order valence-corrected chi connectivity index (χ4v) is 4.19. The highest BCUT2D eigenvalue weighted by Crippen LogP contribution is 2.17. The number of piperazine rings is 1. The van der Waals surface area contributed by atoms with Crippen molar-refractivity contribution in [1.82, 2.24) is 25.2 Å². The number of ether oxygens (including phenoxy) is 1. The number of hydroxylamine groups is 1. The number of carbonyl (C=O) groups is 1. The summed E-state index contributed by atoms with van der Waals surface area (Å²) >= 11 is 6.02. The molecule has 1 aromatic heterocycles. The van der Waals surface area contributed by atoms with E-state index in [-0.39, 0.29) is 11.6 Å². The third kappa shape index (κ3) is 6.49. The number of morpholine rings is 1. The molecule has 33 heavy (non-hydrogen) atoms. The lowest BCUT2D eigenvalue weighted by Gasteiger charge is -2.40. The Hall–Kier alpha value is -2.56. The predicted octanol–water partition coefficient (Wildman–Crippen LogP) is 1.79. The largest absolute Gasteiger partial charge is 0.379 e. The second kappa shape index (κ2) is 11.5. The highest BCUT2D eigenvalue weighted by Gasteiger charge is 2.26. The Morgan fingerprint density at radius 1 is 1.09 bits per heavy atom. The summed E-state index contributed by atoms with van der Waals surface area (Å²) in [6.07, 6.45) is 7.31. The summed E-state index contributed by atoms with van der Waals surface area (Å²) in [4.78, 5) is 27.1. The van der Waals surface area contributed by atoms with Gasteiger partial charge in [0.05, 0.1) is 18.8 Å². The number of aromatic nitrogens is 2. The van der Waals surface area contributed by atoms with Gasteiger partial charge in [-0.15, -0.1) is 0 Å². The van der Waals surface area contributed by atoms with Crippen LogP contribution in [0, 0.1) is 0 Å². The smallest absolute Gasteiger partial charge is 0.277 e. The molecule has 2 fully saturated rings. The number of hydrogen-bond donors (Lipinski definition) is 2. The van der Waals surface area contributed by atoms with Gasteiger partial charge in [0.2, 0.25) is 5.95 Å². The normalized spacial score (nSPS) is 19.0. The standard InChI is InChI=1S/C23H29ClN6O3/c24-20-4-1-18(2-5-20)3-6-21(17-28-11-13-33-14-12-28)29-7-9-30(10-8-29)23-25-15-19(16-26-23)22(31)27-32/h1-6,15-16,21,32H,7-14,17H2,(H,27,31). The van der Waals surface area contributed by atoms with Crippen molar-refractivity contribution in [2.75, 3.05) is 63.9 Å². The molecule has 0 aliphatic carbocycles. The molecule has 2 saturated heterocycles. The zero-order valence-corrected chi connectivity index (χ0v) is 19.2. The average molecular weight is 473 g/mol. The van der Waals surface area contributed by atoms with Crippen molar-refractivity contribution in [2.45, 2.75) is 6.04 Å². The van der Waals surface area contributed by atoms with E-state index in [1.807, 2.05) is 24.3 Å². The zero-order valence-electron chi connectivity index (χ0n) is 18.4. The van der Waals surface area contributed by atoms with Crippen LogP contribution in [-0.4, -0.2) is 96.0 Å². The Balaban J connectivity index is 1.40. The Kier molecular flexibility index (Phi) is 8.25. The van der Waals surface area contributed by atoms with E-state index in [1.54, 1.807) is 5.48 Å². The van der Waals surface area contributed by atoms with Crippen LogP contribution in [-0.2, 0) is 4.74 Å². The molecule has 0 radical (unpaired) electrons. The van der Waals surface area contributed by atoms with Gasteiger partial charge >= 0.3 is 0 Å². The third-order valence-electron chi connectivity index (χ3n) is 6.00. The Bertz CT molecular complexity index is 926. The van der Waals surface area contributed by atoms with E-state index in [9.17, 15) is 4.79 Å². The monoisotopic (exact) mass is 472 g/mol. The molecule has 176 valence electrons. The fraction of sp³-hybridized carbons (Fsp3) is 0.435. The summed E-state index contributed by atoms with van der Waals surface area (Å²) in [5, 5.41) is 9.48. The number of anilines is 1. The van der Waals surface area contributed by atoms with Gasteiger partial charge in [-0.1, -0.05) is 35.9 Å². The first-order chi connectivity index (χ1) is 16.1. The van der Waals surface area contributed by atoms with E-state index >= 15 is 0 Å². The maximum absolute atomic E-state index is 11.5. The minimum Gasteiger partial charge on any atom is -0.379 e. The number of nitrogens with zero attached hydrogens (tertiary/aromatic N) is 5. The number of rotatable bonds is 7. The number of halogens is 1. The van der Waals surface area contributed by atoms with Gasteiger partial charge < -0.3 is 9.64 Å². The second-order valence-corrected chi connectivity index (χ2v) is 8.56. The van der Waals surface area contributed by atoms with Crippen molar-refractivity contribution >= 4 is 29.5 Å². The van der Waals surface area contributed by atoms with Gasteiger partial charge in [-0.3, -0.25) is 19.8 Å². The first-order valence-corrected chi connectivity index (χ1v) is 11.5. The maximum Gasteiger partial charge on any atom is 0.277 e. The molecule has 3 heterocycles. The molecule has 1 unspecified atom stereocenters. The van der Waals surface area contributed by atoms with E-state index in [0.717, 1.165) is 69.6 Å². The third-order valence-corrected chi connectivity index (χ3v) is 6.25. The molecule has 2 aromatic rings. The molecule has 1 atom stereocenters. The quantitative estimate of drug-likeness (QED) is 0.465. The molecule has 1 amide bonds. The van der Waals surface area contributed by atoms with Crippen LogP contribution in [0.3, 0.4) is 0 Å². The summed E-state index contributed by atoms with van der Waals surface area (Å²) in [6.45, 7) is 7.75. The van der Waals surface area contributed by atoms with Crippen LogP contribution >= 0.6 is 11.6 Å². The van der Waals surface area contributed by atoms with E-state index in [1.165, 1.54) is 12.4 Å². The van der Waals surface area contributed by atoms with E-state index in [0.29, 0.717) is 5.95 Å². The molecule has 0 spiro atoms. The van der Waals surface area contributed by atoms with Crippen molar-refractivity contribution < 1.29 is 14.7 Å². The summed E-state index contributed by atoms with van der Waals surface area (Å²) in [6, 6.07) is 8.15. The number of hydrogen-bond acceptors (Lipinski definition) is 8. The molecule has 4 rings (SSSR count). The topological polar surface area (TPSA) is 94.1 Å². The van der Waals surface area contributed by atoms with Gasteiger partial charge in [-0.05, 0) is 17.7 Å². The van der Waals surface area contributed by atoms with Gasteiger partial charge in [0.25, 0.3) is 5.91 Å². The molecule has 2 N–H and O–H groups in total. The highest BCUT2D eigenvalue weighted by molar-refractivity contribution is 6.30. The van der Waals surface area contributed by atoms with Crippen LogP contribution in [0.15, 0.2) is 42.7 Å². The maximum atomic E-state index is 11.5. The van der Waals surface area contributed by atoms with Gasteiger partial charge in [-0.2, -0.15) is 0 Å². The molecule has 2 aliphatic heterocycles. The van der Waals surface area contributed by atoms with Crippen molar-refractivity contribution in [3.05, 3.63) is 58.9 Å². The fourth-order valence-electron chi connectivity index (χ4n) is 4.06. The van der Waals surface area contributed by atoms with E-state index < -0.39 is 5.91 Å². The van der Waals surface area contributed by atoms with E-state index in [2.05, 4.69) is 36.8 Å². The Morgan fingerprint density at radius 2 is 1.76 bits per heavy atom. The minimum atomic E-state index is -0.621.